The van der Waals surface area contributed by atoms with Crippen LogP contribution in [0.5, 0.6) is 0 Å². The molecule has 1 aromatic heterocycles. The number of hydrogen-bond acceptors (Lipinski definition) is 4. The first kappa shape index (κ1) is 20.7. The monoisotopic (exact) mass is 394 g/mol. The van der Waals surface area contributed by atoms with Crippen LogP contribution in [-0.4, -0.2) is 40.5 Å². The third-order valence-corrected chi connectivity index (χ3v) is 4.62. The molecule has 1 fully saturated rings. The van der Waals surface area contributed by atoms with Gasteiger partial charge >= 0.3 is 0 Å². The molecule has 0 bridgehead atoms. The van der Waals surface area contributed by atoms with E-state index < -0.39 is 5.60 Å². The minimum absolute atomic E-state index is 0.0653. The Morgan fingerprint density at radius 2 is 1.79 bits per heavy atom. The quantitative estimate of drug-likeness (QED) is 0.781. The number of rotatable bonds is 4. The van der Waals surface area contributed by atoms with Crippen molar-refractivity contribution in [3.05, 3.63) is 59.0 Å². The summed E-state index contributed by atoms with van der Waals surface area (Å²) >= 11 is 0. The number of carbonyl (C=O) groups excluding carboxylic acids is 2. The van der Waals surface area contributed by atoms with E-state index in [0.717, 1.165) is 31.5 Å². The highest BCUT2D eigenvalue weighted by Gasteiger charge is 2.18. The molecule has 1 saturated heterocycles. The molecule has 2 heterocycles. The molecule has 2 aromatic rings. The number of nitrogens with one attached hydrogen (secondary N) is 1. The summed E-state index contributed by atoms with van der Waals surface area (Å²) in [5, 5.41) is 12.4. The molecular weight excluding hydrogens is 368 g/mol. The van der Waals surface area contributed by atoms with Crippen molar-refractivity contribution in [1.82, 2.24) is 10.2 Å². The summed E-state index contributed by atoms with van der Waals surface area (Å²) in [7, 11) is 0. The molecule has 0 aliphatic carbocycles. The lowest BCUT2D eigenvalue weighted by atomic mass is 10.1. The summed E-state index contributed by atoms with van der Waals surface area (Å²) in [6, 6.07) is 10.4. The molecule has 1 aromatic carbocycles. The molecule has 6 heteroatoms. The Morgan fingerprint density at radius 3 is 2.45 bits per heavy atom. The van der Waals surface area contributed by atoms with Crippen molar-refractivity contribution >= 4 is 11.8 Å². The van der Waals surface area contributed by atoms with Crippen molar-refractivity contribution < 1.29 is 19.1 Å². The average molecular weight is 394 g/mol. The van der Waals surface area contributed by atoms with E-state index in [0.29, 0.717) is 17.9 Å². The van der Waals surface area contributed by atoms with Crippen LogP contribution in [0.25, 0.3) is 0 Å². The molecule has 29 heavy (non-hydrogen) atoms. The molecule has 6 nitrogen and oxygen atoms in total. The first-order valence-corrected chi connectivity index (χ1v) is 9.84. The summed E-state index contributed by atoms with van der Waals surface area (Å²) in [5.41, 5.74) is 0.432. The van der Waals surface area contributed by atoms with Gasteiger partial charge in [-0.3, -0.25) is 9.59 Å². The van der Waals surface area contributed by atoms with Gasteiger partial charge in [-0.15, -0.1) is 0 Å². The summed E-state index contributed by atoms with van der Waals surface area (Å²) in [4.78, 5) is 26.6. The molecular formula is C23H26N2O4. The van der Waals surface area contributed by atoms with Crippen LogP contribution in [0.2, 0.25) is 0 Å². The number of likely N-dealkylation sites (tertiary alicyclic amines) is 1. The van der Waals surface area contributed by atoms with Crippen molar-refractivity contribution in [3.8, 4) is 11.8 Å². The number of piperidine rings is 1. The number of hydrogen-bond donors (Lipinski definition) is 2. The van der Waals surface area contributed by atoms with E-state index in [9.17, 15) is 14.7 Å². The number of aliphatic hydroxyl groups is 1. The summed E-state index contributed by atoms with van der Waals surface area (Å²) in [6.07, 6.45) is 3.31. The molecule has 2 N–H and O–H groups in total. The zero-order chi connectivity index (χ0) is 20.9. The first-order chi connectivity index (χ1) is 13.8. The Kier molecular flexibility index (Phi) is 6.40. The number of amides is 2. The lowest BCUT2D eigenvalue weighted by Gasteiger charge is -2.26. The molecule has 0 unspecified atom stereocenters. The minimum atomic E-state index is -1.13. The minimum Gasteiger partial charge on any atom is -0.443 e. The van der Waals surface area contributed by atoms with Crippen LogP contribution in [0.4, 0.5) is 0 Å². The van der Waals surface area contributed by atoms with Gasteiger partial charge in [0.25, 0.3) is 11.8 Å². The molecule has 1 aliphatic rings. The fourth-order valence-electron chi connectivity index (χ4n) is 3.06. The van der Waals surface area contributed by atoms with E-state index >= 15 is 0 Å². The van der Waals surface area contributed by atoms with Gasteiger partial charge in [-0.2, -0.15) is 0 Å². The van der Waals surface area contributed by atoms with Gasteiger partial charge in [0, 0.05) is 25.2 Å². The second-order valence-corrected chi connectivity index (χ2v) is 7.71. The maximum Gasteiger partial charge on any atom is 0.287 e. The maximum absolute atomic E-state index is 12.5. The van der Waals surface area contributed by atoms with Crippen LogP contribution in [0, 0.1) is 11.8 Å². The third-order valence-electron chi connectivity index (χ3n) is 4.62. The van der Waals surface area contributed by atoms with Crippen LogP contribution in [0.15, 0.2) is 40.8 Å². The Morgan fingerprint density at radius 1 is 1.10 bits per heavy atom. The van der Waals surface area contributed by atoms with Crippen LogP contribution < -0.4 is 5.32 Å². The largest absolute Gasteiger partial charge is 0.443 e. The fourth-order valence-corrected chi connectivity index (χ4v) is 3.06. The molecule has 2 amide bonds. The lowest BCUT2D eigenvalue weighted by Crippen LogP contribution is -2.35. The lowest BCUT2D eigenvalue weighted by molar-refractivity contribution is 0.0724. The van der Waals surface area contributed by atoms with Crippen molar-refractivity contribution in [2.24, 2.45) is 0 Å². The number of nitrogens with zero attached hydrogens (tertiary/aromatic N) is 1. The Hall–Kier alpha value is -3.04. The summed E-state index contributed by atoms with van der Waals surface area (Å²) < 4.78 is 5.40. The Bertz CT molecular complexity index is 920. The topological polar surface area (TPSA) is 82.8 Å². The highest BCUT2D eigenvalue weighted by Crippen LogP contribution is 2.14. The van der Waals surface area contributed by atoms with Gasteiger partial charge in [-0.25, -0.2) is 0 Å². The molecule has 3 rings (SSSR count). The number of benzene rings is 1. The van der Waals surface area contributed by atoms with Crippen molar-refractivity contribution in [1.29, 1.82) is 0 Å². The van der Waals surface area contributed by atoms with E-state index in [2.05, 4.69) is 17.2 Å². The molecule has 0 atom stereocenters. The first-order valence-electron chi connectivity index (χ1n) is 9.84. The average Bonchev–Trinajstić information content (AvgIpc) is 3.20. The van der Waals surface area contributed by atoms with Gasteiger partial charge in [0.15, 0.2) is 11.5 Å². The standard InChI is InChI=1S/C23H26N2O4/c1-23(2,28)13-12-19-10-11-20(29-19)21(26)24-16-17-6-8-18(9-7-17)22(27)25-14-4-3-5-15-25/h6-11,28H,3-5,14-16H2,1-2H3,(H,24,26). The second kappa shape index (κ2) is 8.97. The molecule has 0 spiro atoms. The van der Waals surface area contributed by atoms with Gasteiger partial charge in [-0.1, -0.05) is 18.1 Å². The highest BCUT2D eigenvalue weighted by atomic mass is 16.3. The SMILES string of the molecule is CC(C)(O)C#Cc1ccc(C(=O)NCc2ccc(C(=O)N3CCCCC3)cc2)o1. The number of furan rings is 1. The van der Waals surface area contributed by atoms with Gasteiger partial charge < -0.3 is 19.7 Å². The zero-order valence-corrected chi connectivity index (χ0v) is 16.8. The normalized spacial score (nSPS) is 14.1. The number of carbonyl (C=O) groups is 2. The predicted octanol–water partition coefficient (Wildman–Crippen LogP) is 2.96. The van der Waals surface area contributed by atoms with Crippen molar-refractivity contribution in [2.45, 2.75) is 45.3 Å². The van der Waals surface area contributed by atoms with Crippen LogP contribution in [0.1, 0.15) is 65.3 Å². The van der Waals surface area contributed by atoms with Gasteiger partial charge in [0.1, 0.15) is 5.60 Å². The van der Waals surface area contributed by atoms with E-state index in [1.54, 1.807) is 38.1 Å². The molecule has 1 aliphatic heterocycles. The van der Waals surface area contributed by atoms with E-state index in [1.165, 1.54) is 6.42 Å². The van der Waals surface area contributed by atoms with Crippen LogP contribution >= 0.6 is 0 Å². The van der Waals surface area contributed by atoms with Crippen LogP contribution in [0.3, 0.4) is 0 Å². The third kappa shape index (κ3) is 5.97. The van der Waals surface area contributed by atoms with Crippen molar-refractivity contribution in [3.63, 3.8) is 0 Å². The Labute approximate surface area is 170 Å². The smallest absolute Gasteiger partial charge is 0.287 e. The van der Waals surface area contributed by atoms with Crippen LogP contribution in [-0.2, 0) is 6.54 Å². The van der Waals surface area contributed by atoms with E-state index in [-0.39, 0.29) is 17.6 Å². The van der Waals surface area contributed by atoms with E-state index in [4.69, 9.17) is 4.42 Å². The predicted molar refractivity (Wildman–Crippen MR) is 109 cm³/mol. The molecule has 0 radical (unpaired) electrons. The maximum atomic E-state index is 12.5. The fraction of sp³-hybridized carbons (Fsp3) is 0.391. The van der Waals surface area contributed by atoms with Gasteiger partial charge in [0.2, 0.25) is 0 Å². The van der Waals surface area contributed by atoms with E-state index in [1.807, 2.05) is 17.0 Å². The summed E-state index contributed by atoms with van der Waals surface area (Å²) in [6.45, 7) is 5.11. The zero-order valence-electron chi connectivity index (χ0n) is 16.8. The Balaban J connectivity index is 1.54. The van der Waals surface area contributed by atoms with Crippen molar-refractivity contribution in [2.75, 3.05) is 13.1 Å². The second-order valence-electron chi connectivity index (χ2n) is 7.71. The molecule has 0 saturated carbocycles. The molecule has 152 valence electrons. The van der Waals surface area contributed by atoms with Gasteiger partial charge in [0.05, 0.1) is 0 Å². The van der Waals surface area contributed by atoms with Gasteiger partial charge in [-0.05, 0) is 68.9 Å². The highest BCUT2D eigenvalue weighted by molar-refractivity contribution is 5.94. The summed E-state index contributed by atoms with van der Waals surface area (Å²) in [5.74, 6) is 5.52.